The molecule has 1 N–H and O–H groups in total. The van der Waals surface area contributed by atoms with E-state index in [1.165, 1.54) is 10.4 Å². The molecular formula is C20H24N2O4S. The maximum atomic E-state index is 13.0. The molecule has 1 saturated heterocycles. The van der Waals surface area contributed by atoms with E-state index < -0.39 is 10.0 Å². The van der Waals surface area contributed by atoms with Crippen LogP contribution in [0.15, 0.2) is 53.4 Å². The maximum absolute atomic E-state index is 13.0. The van der Waals surface area contributed by atoms with Gasteiger partial charge in [-0.1, -0.05) is 30.3 Å². The van der Waals surface area contributed by atoms with Crippen LogP contribution in [0.3, 0.4) is 0 Å². The summed E-state index contributed by atoms with van der Waals surface area (Å²) in [6.07, 6.45) is 1.70. The minimum atomic E-state index is -3.69. The molecule has 2 aromatic rings. The molecule has 27 heavy (non-hydrogen) atoms. The van der Waals surface area contributed by atoms with Gasteiger partial charge in [-0.05, 0) is 43.5 Å². The number of hydrogen-bond acceptors (Lipinski definition) is 4. The van der Waals surface area contributed by atoms with Gasteiger partial charge in [0.1, 0.15) is 10.6 Å². The number of carbonyl (C=O) groups excluding carboxylic acids is 1. The molecule has 0 aromatic heterocycles. The Labute approximate surface area is 160 Å². The lowest BCUT2D eigenvalue weighted by molar-refractivity contribution is 0.0950. The Morgan fingerprint density at radius 1 is 1.11 bits per heavy atom. The van der Waals surface area contributed by atoms with Gasteiger partial charge in [-0.15, -0.1) is 0 Å². The number of nitrogens with zero attached hydrogens (tertiary/aromatic N) is 1. The smallest absolute Gasteiger partial charge is 0.251 e. The highest BCUT2D eigenvalue weighted by molar-refractivity contribution is 7.89. The molecule has 6 nitrogen and oxygen atoms in total. The van der Waals surface area contributed by atoms with Gasteiger partial charge in [0.05, 0.1) is 6.61 Å². The van der Waals surface area contributed by atoms with Crippen molar-refractivity contribution in [3.8, 4) is 5.75 Å². The average molecular weight is 388 g/mol. The van der Waals surface area contributed by atoms with Crippen molar-refractivity contribution in [3.05, 3.63) is 59.7 Å². The molecule has 0 spiro atoms. The van der Waals surface area contributed by atoms with Crippen LogP contribution in [0.5, 0.6) is 5.75 Å². The first-order valence-electron chi connectivity index (χ1n) is 9.11. The Morgan fingerprint density at radius 3 is 2.48 bits per heavy atom. The molecule has 0 bridgehead atoms. The summed E-state index contributed by atoms with van der Waals surface area (Å²) in [4.78, 5) is 12.6. The number of hydrogen-bond donors (Lipinski definition) is 1. The fourth-order valence-corrected chi connectivity index (χ4v) is 4.75. The Morgan fingerprint density at radius 2 is 1.81 bits per heavy atom. The lowest BCUT2D eigenvalue weighted by Crippen LogP contribution is -2.29. The largest absolute Gasteiger partial charge is 0.492 e. The molecule has 1 heterocycles. The highest BCUT2D eigenvalue weighted by Crippen LogP contribution is 2.30. The first-order valence-corrected chi connectivity index (χ1v) is 10.6. The van der Waals surface area contributed by atoms with Crippen molar-refractivity contribution in [2.75, 3.05) is 19.7 Å². The quantitative estimate of drug-likeness (QED) is 0.791. The van der Waals surface area contributed by atoms with E-state index in [0.717, 1.165) is 18.4 Å². The van der Waals surface area contributed by atoms with E-state index in [-0.39, 0.29) is 16.6 Å². The number of rotatable bonds is 7. The van der Waals surface area contributed by atoms with Crippen LogP contribution < -0.4 is 10.1 Å². The predicted molar refractivity (Wildman–Crippen MR) is 103 cm³/mol. The summed E-state index contributed by atoms with van der Waals surface area (Å²) in [6, 6.07) is 14.1. The molecule has 1 aliphatic heterocycles. The predicted octanol–water partition coefficient (Wildman–Crippen LogP) is 2.80. The summed E-state index contributed by atoms with van der Waals surface area (Å²) < 4.78 is 33.0. The molecule has 0 unspecified atom stereocenters. The van der Waals surface area contributed by atoms with Crippen molar-refractivity contribution in [2.45, 2.75) is 31.2 Å². The SMILES string of the molecule is CCOc1ccc(C(=O)NCc2ccccc2)cc1S(=O)(=O)N1CCCC1. The van der Waals surface area contributed by atoms with Gasteiger partial charge >= 0.3 is 0 Å². The van der Waals surface area contributed by atoms with E-state index in [9.17, 15) is 13.2 Å². The molecule has 7 heteroatoms. The summed E-state index contributed by atoms with van der Waals surface area (Å²) >= 11 is 0. The number of amides is 1. The van der Waals surface area contributed by atoms with E-state index in [4.69, 9.17) is 4.74 Å². The number of sulfonamides is 1. The molecule has 0 radical (unpaired) electrons. The van der Waals surface area contributed by atoms with Crippen LogP contribution in [0.1, 0.15) is 35.7 Å². The average Bonchev–Trinajstić information content (AvgIpc) is 3.23. The van der Waals surface area contributed by atoms with Gasteiger partial charge in [0.15, 0.2) is 0 Å². The third-order valence-corrected chi connectivity index (χ3v) is 6.40. The zero-order valence-electron chi connectivity index (χ0n) is 15.3. The van der Waals surface area contributed by atoms with Crippen molar-refractivity contribution in [1.82, 2.24) is 9.62 Å². The van der Waals surface area contributed by atoms with Gasteiger partial charge in [-0.3, -0.25) is 4.79 Å². The standard InChI is InChI=1S/C20H24N2O4S/c1-2-26-18-11-10-17(20(23)21-15-16-8-4-3-5-9-16)14-19(18)27(24,25)22-12-6-7-13-22/h3-5,8-11,14H,2,6-7,12-13,15H2,1H3,(H,21,23). The fraction of sp³-hybridized carbons (Fsp3) is 0.350. The molecule has 3 rings (SSSR count). The maximum Gasteiger partial charge on any atom is 0.251 e. The number of carbonyl (C=O) groups is 1. The zero-order chi connectivity index (χ0) is 19.3. The van der Waals surface area contributed by atoms with Crippen molar-refractivity contribution < 1.29 is 17.9 Å². The van der Waals surface area contributed by atoms with Crippen molar-refractivity contribution in [1.29, 1.82) is 0 Å². The molecule has 0 saturated carbocycles. The Kier molecular flexibility index (Phi) is 6.13. The summed E-state index contributed by atoms with van der Waals surface area (Å²) in [5, 5.41) is 2.83. The highest BCUT2D eigenvalue weighted by atomic mass is 32.2. The minimum Gasteiger partial charge on any atom is -0.492 e. The fourth-order valence-electron chi connectivity index (χ4n) is 3.07. The van der Waals surface area contributed by atoms with Gasteiger partial charge < -0.3 is 10.1 Å². The van der Waals surface area contributed by atoms with Crippen LogP contribution in [0.4, 0.5) is 0 Å². The number of benzene rings is 2. The second-order valence-corrected chi connectivity index (χ2v) is 8.28. The minimum absolute atomic E-state index is 0.0543. The monoisotopic (exact) mass is 388 g/mol. The van der Waals surface area contributed by atoms with Gasteiger partial charge in [-0.25, -0.2) is 8.42 Å². The van der Waals surface area contributed by atoms with Crippen LogP contribution >= 0.6 is 0 Å². The molecular weight excluding hydrogens is 364 g/mol. The lowest BCUT2D eigenvalue weighted by Gasteiger charge is -2.19. The molecule has 1 fully saturated rings. The Balaban J connectivity index is 1.85. The van der Waals surface area contributed by atoms with Gasteiger partial charge in [0.2, 0.25) is 10.0 Å². The van der Waals surface area contributed by atoms with E-state index in [1.54, 1.807) is 19.1 Å². The lowest BCUT2D eigenvalue weighted by atomic mass is 10.2. The number of nitrogens with one attached hydrogen (secondary N) is 1. The zero-order valence-corrected chi connectivity index (χ0v) is 16.2. The Hall–Kier alpha value is -2.38. The van der Waals surface area contributed by atoms with E-state index in [1.807, 2.05) is 30.3 Å². The van der Waals surface area contributed by atoms with E-state index >= 15 is 0 Å². The summed E-state index contributed by atoms with van der Waals surface area (Å²) in [7, 11) is -3.69. The third kappa shape index (κ3) is 4.48. The van der Waals surface area contributed by atoms with Crippen LogP contribution in [0.25, 0.3) is 0 Å². The van der Waals surface area contributed by atoms with Crippen LogP contribution in [0.2, 0.25) is 0 Å². The molecule has 0 atom stereocenters. The summed E-state index contributed by atoms with van der Waals surface area (Å²) in [6.45, 7) is 3.52. The number of ether oxygens (including phenoxy) is 1. The molecule has 144 valence electrons. The van der Waals surface area contributed by atoms with Gasteiger partial charge in [-0.2, -0.15) is 4.31 Å². The van der Waals surface area contributed by atoms with E-state index in [2.05, 4.69) is 5.32 Å². The first kappa shape index (κ1) is 19.4. The molecule has 2 aromatic carbocycles. The Bertz CT molecular complexity index is 891. The van der Waals surface area contributed by atoms with Crippen molar-refractivity contribution in [3.63, 3.8) is 0 Å². The molecule has 0 aliphatic carbocycles. The van der Waals surface area contributed by atoms with Crippen LogP contribution in [0, 0.1) is 0 Å². The first-order chi connectivity index (χ1) is 13.0. The second-order valence-electron chi connectivity index (χ2n) is 6.37. The highest BCUT2D eigenvalue weighted by Gasteiger charge is 2.30. The van der Waals surface area contributed by atoms with Crippen LogP contribution in [-0.4, -0.2) is 38.3 Å². The molecule has 1 aliphatic rings. The van der Waals surface area contributed by atoms with Gasteiger partial charge in [0.25, 0.3) is 5.91 Å². The second kappa shape index (κ2) is 8.54. The van der Waals surface area contributed by atoms with E-state index in [0.29, 0.717) is 31.8 Å². The van der Waals surface area contributed by atoms with Crippen molar-refractivity contribution in [2.24, 2.45) is 0 Å². The van der Waals surface area contributed by atoms with Gasteiger partial charge in [0, 0.05) is 25.2 Å². The molecule has 1 amide bonds. The third-order valence-electron chi connectivity index (χ3n) is 4.48. The normalized spacial score (nSPS) is 14.9. The summed E-state index contributed by atoms with van der Waals surface area (Å²) in [5.41, 5.74) is 1.27. The summed E-state index contributed by atoms with van der Waals surface area (Å²) in [5.74, 6) is -0.0382. The topological polar surface area (TPSA) is 75.7 Å². The van der Waals surface area contributed by atoms with Crippen molar-refractivity contribution >= 4 is 15.9 Å². The van der Waals surface area contributed by atoms with Crippen LogP contribution in [-0.2, 0) is 16.6 Å².